The van der Waals surface area contributed by atoms with Gasteiger partial charge < -0.3 is 20.1 Å². The standard InChI is InChI=1S/C14H24N4O2/c1-4-6-15-13-12(19-3)14(18-9-17-13)16-8-11-5-7-20-10(11)2/h9-11H,4-8H2,1-3H3,(H2,15,16,17,18). The molecule has 0 radical (unpaired) electrons. The summed E-state index contributed by atoms with van der Waals surface area (Å²) >= 11 is 0. The highest BCUT2D eigenvalue weighted by molar-refractivity contribution is 5.63. The summed E-state index contributed by atoms with van der Waals surface area (Å²) in [6, 6.07) is 0. The Kier molecular flexibility index (Phi) is 5.40. The lowest BCUT2D eigenvalue weighted by Gasteiger charge is -2.17. The predicted molar refractivity (Wildman–Crippen MR) is 79.4 cm³/mol. The Morgan fingerprint density at radius 2 is 2.10 bits per heavy atom. The molecule has 2 heterocycles. The van der Waals surface area contributed by atoms with Gasteiger partial charge >= 0.3 is 0 Å². The molecule has 0 aliphatic carbocycles. The van der Waals surface area contributed by atoms with Gasteiger partial charge in [-0.05, 0) is 19.8 Å². The van der Waals surface area contributed by atoms with E-state index in [2.05, 4.69) is 34.4 Å². The normalized spacial score (nSPS) is 21.8. The van der Waals surface area contributed by atoms with Gasteiger partial charge in [0, 0.05) is 25.6 Å². The topological polar surface area (TPSA) is 68.3 Å². The van der Waals surface area contributed by atoms with Crippen LogP contribution in [0.1, 0.15) is 26.7 Å². The largest absolute Gasteiger partial charge is 0.490 e. The van der Waals surface area contributed by atoms with Gasteiger partial charge in [-0.1, -0.05) is 6.92 Å². The first-order valence-electron chi connectivity index (χ1n) is 7.24. The van der Waals surface area contributed by atoms with Crippen molar-refractivity contribution in [2.75, 3.05) is 37.4 Å². The molecule has 0 amide bonds. The predicted octanol–water partition coefficient (Wildman–Crippen LogP) is 2.14. The van der Waals surface area contributed by atoms with E-state index < -0.39 is 0 Å². The summed E-state index contributed by atoms with van der Waals surface area (Å²) in [5.41, 5.74) is 0. The summed E-state index contributed by atoms with van der Waals surface area (Å²) in [5, 5.41) is 6.61. The quantitative estimate of drug-likeness (QED) is 0.797. The molecule has 1 fully saturated rings. The van der Waals surface area contributed by atoms with E-state index in [1.807, 2.05) is 0 Å². The fourth-order valence-electron chi connectivity index (χ4n) is 2.33. The Bertz CT molecular complexity index is 428. The van der Waals surface area contributed by atoms with Gasteiger partial charge in [0.05, 0.1) is 13.2 Å². The van der Waals surface area contributed by atoms with Crippen molar-refractivity contribution in [1.82, 2.24) is 9.97 Å². The Hall–Kier alpha value is -1.56. The van der Waals surface area contributed by atoms with Crippen LogP contribution in [0.25, 0.3) is 0 Å². The SMILES string of the molecule is CCCNc1ncnc(NCC2CCOC2C)c1OC. The van der Waals surface area contributed by atoms with Crippen LogP contribution in [0.15, 0.2) is 6.33 Å². The molecule has 2 unspecified atom stereocenters. The van der Waals surface area contributed by atoms with Crippen LogP contribution >= 0.6 is 0 Å². The third kappa shape index (κ3) is 3.50. The van der Waals surface area contributed by atoms with Crippen molar-refractivity contribution in [2.45, 2.75) is 32.8 Å². The Labute approximate surface area is 120 Å². The highest BCUT2D eigenvalue weighted by atomic mass is 16.5. The Morgan fingerprint density at radius 3 is 2.70 bits per heavy atom. The molecule has 6 nitrogen and oxygen atoms in total. The molecule has 2 rings (SSSR count). The van der Waals surface area contributed by atoms with Crippen LogP contribution in [0.5, 0.6) is 5.75 Å². The lowest BCUT2D eigenvalue weighted by Crippen LogP contribution is -2.21. The average molecular weight is 280 g/mol. The number of nitrogens with one attached hydrogen (secondary N) is 2. The fourth-order valence-corrected chi connectivity index (χ4v) is 2.33. The van der Waals surface area contributed by atoms with Gasteiger partial charge in [0.1, 0.15) is 6.33 Å². The maximum absolute atomic E-state index is 5.57. The van der Waals surface area contributed by atoms with Crippen molar-refractivity contribution < 1.29 is 9.47 Å². The van der Waals surface area contributed by atoms with Crippen LogP contribution in [0.4, 0.5) is 11.6 Å². The molecular weight excluding hydrogens is 256 g/mol. The minimum atomic E-state index is 0.299. The molecule has 1 saturated heterocycles. The highest BCUT2D eigenvalue weighted by Gasteiger charge is 2.24. The molecule has 1 aliphatic rings. The van der Waals surface area contributed by atoms with Gasteiger partial charge in [0.2, 0.25) is 5.75 Å². The van der Waals surface area contributed by atoms with Crippen LogP contribution in [0.3, 0.4) is 0 Å². The molecule has 1 aromatic heterocycles. The summed E-state index contributed by atoms with van der Waals surface area (Å²) in [7, 11) is 1.64. The third-order valence-corrected chi connectivity index (χ3v) is 3.62. The van der Waals surface area contributed by atoms with E-state index >= 15 is 0 Å². The van der Waals surface area contributed by atoms with Crippen molar-refractivity contribution >= 4 is 11.6 Å². The minimum Gasteiger partial charge on any atom is -0.490 e. The summed E-state index contributed by atoms with van der Waals surface area (Å²) < 4.78 is 11.0. The Balaban J connectivity index is 2.02. The molecule has 0 aromatic carbocycles. The Morgan fingerprint density at radius 1 is 1.35 bits per heavy atom. The first kappa shape index (κ1) is 14.8. The molecule has 6 heteroatoms. The first-order chi connectivity index (χ1) is 9.76. The van der Waals surface area contributed by atoms with Crippen LogP contribution < -0.4 is 15.4 Å². The third-order valence-electron chi connectivity index (χ3n) is 3.62. The molecule has 1 aliphatic heterocycles. The van der Waals surface area contributed by atoms with E-state index in [0.29, 0.717) is 17.8 Å². The van der Waals surface area contributed by atoms with Crippen molar-refractivity contribution in [3.63, 3.8) is 0 Å². The van der Waals surface area contributed by atoms with Crippen molar-refractivity contribution in [3.8, 4) is 5.75 Å². The van der Waals surface area contributed by atoms with Crippen molar-refractivity contribution in [2.24, 2.45) is 5.92 Å². The van der Waals surface area contributed by atoms with Crippen molar-refractivity contribution in [1.29, 1.82) is 0 Å². The van der Waals surface area contributed by atoms with Gasteiger partial charge in [-0.25, -0.2) is 9.97 Å². The molecule has 20 heavy (non-hydrogen) atoms. The molecule has 0 saturated carbocycles. The fraction of sp³-hybridized carbons (Fsp3) is 0.714. The highest BCUT2D eigenvalue weighted by Crippen LogP contribution is 2.30. The van der Waals surface area contributed by atoms with E-state index in [1.54, 1.807) is 13.4 Å². The van der Waals surface area contributed by atoms with E-state index in [9.17, 15) is 0 Å². The van der Waals surface area contributed by atoms with Crippen LogP contribution in [-0.4, -0.2) is 42.9 Å². The molecule has 2 N–H and O–H groups in total. The average Bonchev–Trinajstić information content (AvgIpc) is 2.88. The number of nitrogens with zero attached hydrogens (tertiary/aromatic N) is 2. The summed E-state index contributed by atoms with van der Waals surface area (Å²) in [5.74, 6) is 2.66. The second-order valence-corrected chi connectivity index (χ2v) is 5.04. The maximum Gasteiger partial charge on any atom is 0.204 e. The number of rotatable bonds is 7. The van der Waals surface area contributed by atoms with Gasteiger partial charge in [0.15, 0.2) is 11.6 Å². The zero-order valence-corrected chi connectivity index (χ0v) is 12.5. The zero-order chi connectivity index (χ0) is 14.4. The van der Waals surface area contributed by atoms with Crippen LogP contribution in [0.2, 0.25) is 0 Å². The summed E-state index contributed by atoms with van der Waals surface area (Å²) in [4.78, 5) is 8.51. The zero-order valence-electron chi connectivity index (χ0n) is 12.5. The van der Waals surface area contributed by atoms with Crippen LogP contribution in [-0.2, 0) is 4.74 Å². The van der Waals surface area contributed by atoms with Gasteiger partial charge in [0.25, 0.3) is 0 Å². The number of ether oxygens (including phenoxy) is 2. The minimum absolute atomic E-state index is 0.299. The molecular formula is C14H24N4O2. The second-order valence-electron chi connectivity index (χ2n) is 5.04. The molecule has 2 atom stereocenters. The lowest BCUT2D eigenvalue weighted by molar-refractivity contribution is 0.108. The number of hydrogen-bond donors (Lipinski definition) is 2. The first-order valence-corrected chi connectivity index (χ1v) is 7.24. The van der Waals surface area contributed by atoms with Crippen molar-refractivity contribution in [3.05, 3.63) is 6.33 Å². The van der Waals surface area contributed by atoms with Gasteiger partial charge in [-0.2, -0.15) is 0 Å². The molecule has 0 bridgehead atoms. The monoisotopic (exact) mass is 280 g/mol. The van der Waals surface area contributed by atoms with E-state index in [-0.39, 0.29) is 0 Å². The van der Waals surface area contributed by atoms with Gasteiger partial charge in [-0.15, -0.1) is 0 Å². The number of anilines is 2. The number of aromatic nitrogens is 2. The van der Waals surface area contributed by atoms with Gasteiger partial charge in [-0.3, -0.25) is 0 Å². The number of hydrogen-bond acceptors (Lipinski definition) is 6. The summed E-state index contributed by atoms with van der Waals surface area (Å²) in [6.07, 6.45) is 3.97. The van der Waals surface area contributed by atoms with E-state index in [0.717, 1.165) is 44.2 Å². The molecule has 112 valence electrons. The lowest BCUT2D eigenvalue weighted by atomic mass is 10.0. The molecule has 0 spiro atoms. The van der Waals surface area contributed by atoms with Crippen LogP contribution in [0, 0.1) is 5.92 Å². The van der Waals surface area contributed by atoms with E-state index in [1.165, 1.54) is 0 Å². The van der Waals surface area contributed by atoms with E-state index in [4.69, 9.17) is 9.47 Å². The summed E-state index contributed by atoms with van der Waals surface area (Å²) in [6.45, 7) is 6.77. The molecule has 1 aromatic rings. The maximum atomic E-state index is 5.57. The number of methoxy groups -OCH3 is 1. The second kappa shape index (κ2) is 7.28. The smallest absolute Gasteiger partial charge is 0.204 e.